The van der Waals surface area contributed by atoms with Crippen LogP contribution in [0, 0.1) is 6.92 Å². The third-order valence-corrected chi connectivity index (χ3v) is 6.79. The number of alkyl halides is 3. The van der Waals surface area contributed by atoms with Crippen molar-refractivity contribution in [2.45, 2.75) is 38.6 Å². The lowest BCUT2D eigenvalue weighted by Crippen LogP contribution is -2.42. The SMILES string of the molecule is Cc1noc(-c2ccc(C(=O)NC(Cc3ccc(C(F)(F)F)cc3)C(=O)O)cc2)c1NC(=O)OC(C)c1ccccc1Cl. The second kappa shape index (κ2) is 13.0. The molecule has 3 aromatic carbocycles. The Kier molecular flexibility index (Phi) is 9.40. The number of ether oxygens (including phenoxy) is 1. The minimum absolute atomic E-state index is 0.112. The van der Waals surface area contributed by atoms with E-state index in [1.54, 1.807) is 38.1 Å². The van der Waals surface area contributed by atoms with Gasteiger partial charge in [0.15, 0.2) is 5.76 Å². The summed E-state index contributed by atoms with van der Waals surface area (Å²) in [6, 6.07) is 15.5. The van der Waals surface area contributed by atoms with E-state index in [-0.39, 0.29) is 23.4 Å². The normalized spacial score (nSPS) is 12.7. The lowest BCUT2D eigenvalue weighted by molar-refractivity contribution is -0.139. The van der Waals surface area contributed by atoms with Crippen molar-refractivity contribution in [1.29, 1.82) is 0 Å². The number of carbonyl (C=O) groups excluding carboxylic acids is 2. The van der Waals surface area contributed by atoms with Crippen LogP contribution in [-0.2, 0) is 22.1 Å². The molecule has 1 heterocycles. The first kappa shape index (κ1) is 31.1. The molecule has 43 heavy (non-hydrogen) atoms. The smallest absolute Gasteiger partial charge is 0.416 e. The topological polar surface area (TPSA) is 131 Å². The number of carboxylic acids is 1. The zero-order valence-corrected chi connectivity index (χ0v) is 23.5. The van der Waals surface area contributed by atoms with Gasteiger partial charge >= 0.3 is 18.2 Å². The number of aromatic nitrogens is 1. The average Bonchev–Trinajstić information content (AvgIpc) is 3.32. The Bertz CT molecular complexity index is 1620. The maximum Gasteiger partial charge on any atom is 0.416 e. The van der Waals surface area contributed by atoms with Gasteiger partial charge in [0.05, 0.1) is 5.56 Å². The molecule has 9 nitrogen and oxygen atoms in total. The summed E-state index contributed by atoms with van der Waals surface area (Å²) < 4.78 is 49.3. The molecular weight excluding hydrogens is 591 g/mol. The predicted octanol–water partition coefficient (Wildman–Crippen LogP) is 7.06. The third kappa shape index (κ3) is 7.72. The monoisotopic (exact) mass is 615 g/mol. The highest BCUT2D eigenvalue weighted by atomic mass is 35.5. The maximum atomic E-state index is 12.8. The zero-order valence-electron chi connectivity index (χ0n) is 22.7. The van der Waals surface area contributed by atoms with E-state index in [4.69, 9.17) is 20.9 Å². The molecule has 4 aromatic rings. The predicted molar refractivity (Wildman–Crippen MR) is 151 cm³/mol. The van der Waals surface area contributed by atoms with Gasteiger partial charge in [0.1, 0.15) is 23.5 Å². The van der Waals surface area contributed by atoms with Crippen LogP contribution in [0.25, 0.3) is 11.3 Å². The van der Waals surface area contributed by atoms with Gasteiger partial charge < -0.3 is 19.7 Å². The number of aliphatic carboxylic acids is 1. The van der Waals surface area contributed by atoms with Gasteiger partial charge in [0.2, 0.25) is 0 Å². The molecule has 2 unspecified atom stereocenters. The highest BCUT2D eigenvalue weighted by Crippen LogP contribution is 2.32. The van der Waals surface area contributed by atoms with Gasteiger partial charge in [-0.15, -0.1) is 0 Å². The van der Waals surface area contributed by atoms with E-state index >= 15 is 0 Å². The number of carboxylic acid groups (broad SMARTS) is 1. The first-order chi connectivity index (χ1) is 20.3. The molecule has 4 rings (SSSR count). The molecule has 2 amide bonds. The molecular formula is C30H25ClF3N3O6. The van der Waals surface area contributed by atoms with Crippen LogP contribution in [0.4, 0.5) is 23.7 Å². The van der Waals surface area contributed by atoms with E-state index in [9.17, 15) is 32.7 Å². The maximum absolute atomic E-state index is 12.8. The van der Waals surface area contributed by atoms with Crippen LogP contribution in [0.3, 0.4) is 0 Å². The minimum Gasteiger partial charge on any atom is -0.480 e. The first-order valence-corrected chi connectivity index (χ1v) is 13.2. The Morgan fingerprint density at radius 3 is 2.28 bits per heavy atom. The van der Waals surface area contributed by atoms with E-state index in [1.165, 1.54) is 24.3 Å². The summed E-state index contributed by atoms with van der Waals surface area (Å²) in [4.78, 5) is 37.2. The molecule has 0 aliphatic carbocycles. The summed E-state index contributed by atoms with van der Waals surface area (Å²) >= 11 is 6.18. The molecule has 0 fully saturated rings. The quantitative estimate of drug-likeness (QED) is 0.184. The number of aryl methyl sites for hydroxylation is 1. The zero-order chi connectivity index (χ0) is 31.3. The van der Waals surface area contributed by atoms with Crippen LogP contribution in [0.15, 0.2) is 77.3 Å². The van der Waals surface area contributed by atoms with Crippen molar-refractivity contribution in [1.82, 2.24) is 10.5 Å². The number of anilines is 1. The van der Waals surface area contributed by atoms with Crippen molar-refractivity contribution in [2.75, 3.05) is 5.32 Å². The standard InChI is InChI=1S/C30H25ClF3N3O6/c1-16-25(36-29(41)42-17(2)22-5-3-4-6-23(22)31)26(43-37-16)19-9-11-20(12-10-19)27(38)35-24(28(39)40)15-18-7-13-21(14-8-18)30(32,33)34/h3-14,17,24H,15H2,1-2H3,(H,35,38)(H,36,41)(H,39,40). The third-order valence-electron chi connectivity index (χ3n) is 6.45. The molecule has 2 atom stereocenters. The van der Waals surface area contributed by atoms with Gasteiger partial charge in [0.25, 0.3) is 5.91 Å². The van der Waals surface area contributed by atoms with Crippen LogP contribution in [0.1, 0.15) is 45.8 Å². The Balaban J connectivity index is 1.42. The second-order valence-electron chi connectivity index (χ2n) is 9.51. The summed E-state index contributed by atoms with van der Waals surface area (Å²) in [5.74, 6) is -1.87. The summed E-state index contributed by atoms with van der Waals surface area (Å²) in [6.45, 7) is 3.29. The van der Waals surface area contributed by atoms with E-state index < -0.39 is 41.9 Å². The van der Waals surface area contributed by atoms with Crippen LogP contribution in [0.5, 0.6) is 0 Å². The molecule has 0 radical (unpaired) electrons. The Morgan fingerprint density at radius 2 is 1.67 bits per heavy atom. The molecule has 3 N–H and O–H groups in total. The first-order valence-electron chi connectivity index (χ1n) is 12.8. The number of amides is 2. The van der Waals surface area contributed by atoms with Crippen LogP contribution >= 0.6 is 11.6 Å². The molecule has 13 heteroatoms. The Hall–Kier alpha value is -4.84. The fourth-order valence-electron chi connectivity index (χ4n) is 4.15. The fourth-order valence-corrected chi connectivity index (χ4v) is 4.44. The molecule has 0 saturated heterocycles. The van der Waals surface area contributed by atoms with Gasteiger partial charge in [-0.05, 0) is 49.7 Å². The molecule has 0 aliphatic heterocycles. The lowest BCUT2D eigenvalue weighted by Gasteiger charge is -2.16. The Labute approximate surface area is 248 Å². The number of halogens is 4. The van der Waals surface area contributed by atoms with E-state index in [2.05, 4.69) is 15.8 Å². The number of benzene rings is 3. The van der Waals surface area contributed by atoms with Gasteiger partial charge in [-0.25, -0.2) is 9.59 Å². The summed E-state index contributed by atoms with van der Waals surface area (Å²) in [5.41, 5.74) is 1.24. The molecule has 0 bridgehead atoms. The molecule has 0 spiro atoms. The number of nitrogens with zero attached hydrogens (tertiary/aromatic N) is 1. The fraction of sp³-hybridized carbons (Fsp3) is 0.200. The van der Waals surface area contributed by atoms with Gasteiger partial charge in [-0.1, -0.05) is 59.2 Å². The number of hydrogen-bond acceptors (Lipinski definition) is 6. The number of nitrogens with one attached hydrogen (secondary N) is 2. The highest BCUT2D eigenvalue weighted by molar-refractivity contribution is 6.31. The van der Waals surface area contributed by atoms with Crippen molar-refractivity contribution in [3.8, 4) is 11.3 Å². The molecule has 1 aromatic heterocycles. The summed E-state index contributed by atoms with van der Waals surface area (Å²) in [5, 5.41) is 18.9. The van der Waals surface area contributed by atoms with Crippen molar-refractivity contribution < 1.29 is 41.9 Å². The summed E-state index contributed by atoms with van der Waals surface area (Å²) in [7, 11) is 0. The highest BCUT2D eigenvalue weighted by Gasteiger charge is 2.30. The molecule has 224 valence electrons. The largest absolute Gasteiger partial charge is 0.480 e. The van der Waals surface area contributed by atoms with Crippen LogP contribution < -0.4 is 10.6 Å². The van der Waals surface area contributed by atoms with Crippen molar-refractivity contribution in [3.63, 3.8) is 0 Å². The summed E-state index contributed by atoms with van der Waals surface area (Å²) in [6.07, 6.45) is -6.17. The van der Waals surface area contributed by atoms with Crippen LogP contribution in [0.2, 0.25) is 5.02 Å². The average molecular weight is 616 g/mol. The van der Waals surface area contributed by atoms with Crippen molar-refractivity contribution in [2.24, 2.45) is 0 Å². The van der Waals surface area contributed by atoms with E-state index in [0.717, 1.165) is 24.3 Å². The van der Waals surface area contributed by atoms with Crippen molar-refractivity contribution >= 4 is 35.3 Å². The van der Waals surface area contributed by atoms with E-state index in [1.807, 2.05) is 0 Å². The minimum atomic E-state index is -4.52. The van der Waals surface area contributed by atoms with Crippen LogP contribution in [-0.4, -0.2) is 34.3 Å². The second-order valence-corrected chi connectivity index (χ2v) is 9.91. The lowest BCUT2D eigenvalue weighted by atomic mass is 10.0. The Morgan fingerprint density at radius 1 is 1.02 bits per heavy atom. The van der Waals surface area contributed by atoms with Crippen molar-refractivity contribution in [3.05, 3.63) is 106 Å². The molecule has 0 aliphatic rings. The van der Waals surface area contributed by atoms with E-state index in [0.29, 0.717) is 27.4 Å². The van der Waals surface area contributed by atoms with Gasteiger partial charge in [-0.3, -0.25) is 10.1 Å². The van der Waals surface area contributed by atoms with Gasteiger partial charge in [-0.2, -0.15) is 13.2 Å². The number of carbonyl (C=O) groups is 3. The number of rotatable bonds is 9. The van der Waals surface area contributed by atoms with Gasteiger partial charge in [0, 0.05) is 28.1 Å². The molecule has 0 saturated carbocycles. The number of hydrogen-bond donors (Lipinski definition) is 3.